The second-order valence-electron chi connectivity index (χ2n) is 6.37. The number of Topliss-reactive ketones (excluding diaryl/α,β-unsaturated/α-hetero) is 1. The predicted octanol–water partition coefficient (Wildman–Crippen LogP) is 3.07. The molecule has 0 radical (unpaired) electrons. The fourth-order valence-corrected chi connectivity index (χ4v) is 3.26. The number of carbonyl (C=O) groups excluding carboxylic acids is 2. The number of hydrogen-bond acceptors (Lipinski definition) is 8. The average molecular weight is 396 g/mol. The van der Waals surface area contributed by atoms with Crippen LogP contribution in [0.4, 0.5) is 5.82 Å². The number of ether oxygens (including phenoxy) is 1. The molecule has 29 heavy (non-hydrogen) atoms. The first-order valence-electron chi connectivity index (χ1n) is 8.57. The molecule has 4 rings (SSSR count). The number of phenolic OH excluding ortho intramolecular Hbond substituents is 1. The van der Waals surface area contributed by atoms with Crippen LogP contribution in [-0.2, 0) is 4.79 Å². The summed E-state index contributed by atoms with van der Waals surface area (Å²) in [4.78, 5) is 27.1. The van der Waals surface area contributed by atoms with Crippen LogP contribution in [0.2, 0.25) is 0 Å². The topological polar surface area (TPSA) is 126 Å². The van der Waals surface area contributed by atoms with E-state index in [1.165, 1.54) is 49.8 Å². The zero-order chi connectivity index (χ0) is 20.7. The van der Waals surface area contributed by atoms with Crippen LogP contribution in [0.15, 0.2) is 62.9 Å². The number of aromatic nitrogens is 1. The SMILES string of the molecule is COc1cc([C@H]2C(C(=O)c3ccco3)=C(O)C(=O)N2c2cc(C)on2)ccc1O. The third-order valence-corrected chi connectivity index (χ3v) is 4.58. The number of methoxy groups -OCH3 is 1. The van der Waals surface area contributed by atoms with Crippen LogP contribution in [0.5, 0.6) is 11.5 Å². The quantitative estimate of drug-likeness (QED) is 0.630. The molecular weight excluding hydrogens is 380 g/mol. The highest BCUT2D eigenvalue weighted by molar-refractivity contribution is 6.19. The molecular formula is C20H16N2O7. The van der Waals surface area contributed by atoms with E-state index in [2.05, 4.69) is 5.16 Å². The van der Waals surface area contributed by atoms with Crippen molar-refractivity contribution in [2.24, 2.45) is 0 Å². The Hall–Kier alpha value is -4.01. The van der Waals surface area contributed by atoms with Gasteiger partial charge in [-0.15, -0.1) is 0 Å². The van der Waals surface area contributed by atoms with E-state index in [1.54, 1.807) is 6.92 Å². The summed E-state index contributed by atoms with van der Waals surface area (Å²) in [7, 11) is 1.37. The summed E-state index contributed by atoms with van der Waals surface area (Å²) in [5, 5.41) is 24.3. The van der Waals surface area contributed by atoms with Crippen molar-refractivity contribution < 1.29 is 33.5 Å². The van der Waals surface area contributed by atoms with Gasteiger partial charge in [-0.25, -0.2) is 0 Å². The Morgan fingerprint density at radius 3 is 2.66 bits per heavy atom. The van der Waals surface area contributed by atoms with Crippen molar-refractivity contribution in [2.75, 3.05) is 12.0 Å². The lowest BCUT2D eigenvalue weighted by molar-refractivity contribution is -0.117. The Morgan fingerprint density at radius 2 is 2.03 bits per heavy atom. The number of anilines is 1. The van der Waals surface area contributed by atoms with Gasteiger partial charge >= 0.3 is 0 Å². The second-order valence-corrected chi connectivity index (χ2v) is 6.37. The maximum atomic E-state index is 13.0. The second kappa shape index (κ2) is 6.86. The van der Waals surface area contributed by atoms with Crippen LogP contribution in [0.25, 0.3) is 0 Å². The number of hydrogen-bond donors (Lipinski definition) is 2. The molecule has 2 aromatic heterocycles. The van der Waals surface area contributed by atoms with Gasteiger partial charge in [0.15, 0.2) is 28.8 Å². The molecule has 3 heterocycles. The van der Waals surface area contributed by atoms with Crippen molar-refractivity contribution >= 4 is 17.5 Å². The number of rotatable bonds is 5. The highest BCUT2D eigenvalue weighted by Gasteiger charge is 2.46. The van der Waals surface area contributed by atoms with E-state index >= 15 is 0 Å². The first-order chi connectivity index (χ1) is 13.9. The molecule has 0 spiro atoms. The van der Waals surface area contributed by atoms with Crippen molar-refractivity contribution in [3.05, 3.63) is 71.1 Å². The number of aliphatic hydroxyl groups excluding tert-OH is 1. The average Bonchev–Trinajstić information content (AvgIpc) is 3.43. The molecule has 148 valence electrons. The van der Waals surface area contributed by atoms with Gasteiger partial charge < -0.3 is 23.9 Å². The molecule has 1 aromatic carbocycles. The number of carbonyl (C=O) groups is 2. The number of phenols is 1. The van der Waals surface area contributed by atoms with Gasteiger partial charge in [-0.1, -0.05) is 11.2 Å². The predicted molar refractivity (Wildman–Crippen MR) is 98.8 cm³/mol. The standard InChI is InChI=1S/C20H16N2O7/c1-10-8-15(21-29-10)22-17(11-5-6-12(23)14(9-11)27-2)16(19(25)20(22)26)18(24)13-4-3-7-28-13/h3-9,17,23,25H,1-2H3/t17-/m0/s1. The van der Waals surface area contributed by atoms with E-state index in [4.69, 9.17) is 13.7 Å². The number of aryl methyl sites for hydroxylation is 1. The maximum absolute atomic E-state index is 13.0. The summed E-state index contributed by atoms with van der Waals surface area (Å²) in [6.45, 7) is 1.65. The number of nitrogens with zero attached hydrogens (tertiary/aromatic N) is 2. The van der Waals surface area contributed by atoms with E-state index in [0.29, 0.717) is 11.3 Å². The molecule has 0 fully saturated rings. The molecule has 0 saturated heterocycles. The van der Waals surface area contributed by atoms with Crippen molar-refractivity contribution in [3.8, 4) is 11.5 Å². The molecule has 1 amide bonds. The molecule has 3 aromatic rings. The van der Waals surface area contributed by atoms with Crippen molar-refractivity contribution in [3.63, 3.8) is 0 Å². The zero-order valence-corrected chi connectivity index (χ0v) is 15.4. The number of aromatic hydroxyl groups is 1. The molecule has 0 unspecified atom stereocenters. The van der Waals surface area contributed by atoms with E-state index < -0.39 is 23.5 Å². The fourth-order valence-electron chi connectivity index (χ4n) is 3.26. The van der Waals surface area contributed by atoms with E-state index in [1.807, 2.05) is 0 Å². The van der Waals surface area contributed by atoms with Gasteiger partial charge in [-0.05, 0) is 36.8 Å². The highest BCUT2D eigenvalue weighted by Crippen LogP contribution is 2.43. The lowest BCUT2D eigenvalue weighted by Crippen LogP contribution is -2.31. The molecule has 1 aliphatic rings. The highest BCUT2D eigenvalue weighted by atomic mass is 16.5. The molecule has 9 nitrogen and oxygen atoms in total. The minimum Gasteiger partial charge on any atom is -0.504 e. The molecule has 9 heteroatoms. The largest absolute Gasteiger partial charge is 0.504 e. The van der Waals surface area contributed by atoms with E-state index in [-0.39, 0.29) is 28.7 Å². The monoisotopic (exact) mass is 396 g/mol. The maximum Gasteiger partial charge on any atom is 0.295 e. The Kier molecular flexibility index (Phi) is 4.34. The van der Waals surface area contributed by atoms with Crippen LogP contribution in [0.1, 0.15) is 27.9 Å². The summed E-state index contributed by atoms with van der Waals surface area (Å²) in [6, 6.07) is 7.79. The third-order valence-electron chi connectivity index (χ3n) is 4.58. The summed E-state index contributed by atoms with van der Waals surface area (Å²) in [6.07, 6.45) is 1.32. The van der Waals surface area contributed by atoms with Gasteiger partial charge in [0.25, 0.3) is 5.91 Å². The van der Waals surface area contributed by atoms with Gasteiger partial charge in [0.1, 0.15) is 5.76 Å². The van der Waals surface area contributed by atoms with Gasteiger partial charge in [0.2, 0.25) is 5.78 Å². The fraction of sp³-hybridized carbons (Fsp3) is 0.150. The number of amides is 1. The van der Waals surface area contributed by atoms with Crippen molar-refractivity contribution in [2.45, 2.75) is 13.0 Å². The van der Waals surface area contributed by atoms with Gasteiger partial charge in [-0.2, -0.15) is 0 Å². The van der Waals surface area contributed by atoms with Gasteiger partial charge in [0, 0.05) is 6.07 Å². The molecule has 1 atom stereocenters. The number of furan rings is 1. The Bertz CT molecular complexity index is 1130. The summed E-state index contributed by atoms with van der Waals surface area (Å²) >= 11 is 0. The first-order valence-corrected chi connectivity index (χ1v) is 8.57. The molecule has 1 aliphatic heterocycles. The number of benzene rings is 1. The Labute approximate surface area is 164 Å². The van der Waals surface area contributed by atoms with E-state index in [9.17, 15) is 19.8 Å². The minimum atomic E-state index is -1.04. The summed E-state index contributed by atoms with van der Waals surface area (Å²) < 4.78 is 15.4. The molecule has 0 bridgehead atoms. The van der Waals surface area contributed by atoms with Gasteiger partial charge in [0.05, 0.1) is 25.0 Å². The van der Waals surface area contributed by atoms with Crippen LogP contribution in [-0.4, -0.2) is 34.2 Å². The number of ketones is 1. The number of aliphatic hydroxyl groups is 1. The van der Waals surface area contributed by atoms with Gasteiger partial charge in [-0.3, -0.25) is 14.5 Å². The lowest BCUT2D eigenvalue weighted by atomic mass is 9.94. The van der Waals surface area contributed by atoms with Crippen LogP contribution in [0, 0.1) is 6.92 Å². The Balaban J connectivity index is 1.90. The van der Waals surface area contributed by atoms with E-state index in [0.717, 1.165) is 4.90 Å². The van der Waals surface area contributed by atoms with Crippen LogP contribution in [0.3, 0.4) is 0 Å². The summed E-state index contributed by atoms with van der Waals surface area (Å²) in [5.41, 5.74) is 0.228. The normalized spacial score (nSPS) is 16.6. The third kappa shape index (κ3) is 2.92. The Morgan fingerprint density at radius 1 is 1.24 bits per heavy atom. The van der Waals surface area contributed by atoms with Crippen molar-refractivity contribution in [1.82, 2.24) is 5.16 Å². The zero-order valence-electron chi connectivity index (χ0n) is 15.4. The first kappa shape index (κ1) is 18.4. The lowest BCUT2D eigenvalue weighted by Gasteiger charge is -2.24. The van der Waals surface area contributed by atoms with Crippen LogP contribution < -0.4 is 9.64 Å². The smallest absolute Gasteiger partial charge is 0.295 e. The molecule has 0 aliphatic carbocycles. The molecule has 2 N–H and O–H groups in total. The van der Waals surface area contributed by atoms with Crippen molar-refractivity contribution in [1.29, 1.82) is 0 Å². The minimum absolute atomic E-state index is 0.0340. The van der Waals surface area contributed by atoms with Crippen LogP contribution >= 0.6 is 0 Å². The summed E-state index contributed by atoms with van der Waals surface area (Å²) in [5.74, 6) is -1.62. The molecule has 0 saturated carbocycles.